The predicted octanol–water partition coefficient (Wildman–Crippen LogP) is 3.37. The molecular formula is C19H19ClN2O3. The summed E-state index contributed by atoms with van der Waals surface area (Å²) in [5.41, 5.74) is 1.04. The highest BCUT2D eigenvalue weighted by Gasteiger charge is 2.02. The van der Waals surface area contributed by atoms with Gasteiger partial charge in [-0.15, -0.1) is 0 Å². The molecule has 0 unspecified atom stereocenters. The van der Waals surface area contributed by atoms with E-state index in [1.165, 1.54) is 0 Å². The Hall–Kier alpha value is -2.71. The minimum absolute atomic E-state index is 0.116. The van der Waals surface area contributed by atoms with Gasteiger partial charge in [0.2, 0.25) is 5.91 Å². The average Bonchev–Trinajstić information content (AvgIpc) is 2.61. The number of nitrogens with one attached hydrogen (secondary N) is 1. The average molecular weight is 359 g/mol. The van der Waals surface area contributed by atoms with Crippen molar-refractivity contribution in [3.8, 4) is 17.6 Å². The second kappa shape index (κ2) is 10.2. The zero-order valence-electron chi connectivity index (χ0n) is 13.7. The zero-order valence-corrected chi connectivity index (χ0v) is 14.5. The van der Waals surface area contributed by atoms with Crippen molar-refractivity contribution in [2.45, 2.75) is 12.8 Å². The number of hydrogen-bond donors (Lipinski definition) is 1. The molecule has 0 fully saturated rings. The maximum Gasteiger partial charge on any atom is 0.234 e. The fourth-order valence-corrected chi connectivity index (χ4v) is 2.33. The van der Waals surface area contributed by atoms with Crippen LogP contribution in [0.2, 0.25) is 5.02 Å². The maximum atomic E-state index is 11.2. The lowest BCUT2D eigenvalue weighted by atomic mass is 10.1. The molecule has 1 amide bonds. The number of hydrogen-bond acceptors (Lipinski definition) is 4. The zero-order chi connectivity index (χ0) is 17.9. The van der Waals surface area contributed by atoms with E-state index < -0.39 is 0 Å². The third kappa shape index (κ3) is 6.74. The van der Waals surface area contributed by atoms with Gasteiger partial charge in [-0.2, -0.15) is 5.26 Å². The Bertz CT molecular complexity index is 743. The van der Waals surface area contributed by atoms with Crippen LogP contribution in [0.5, 0.6) is 11.5 Å². The van der Waals surface area contributed by atoms with Crippen LogP contribution in [0.15, 0.2) is 48.5 Å². The second-order valence-electron chi connectivity index (χ2n) is 5.21. The van der Waals surface area contributed by atoms with E-state index in [2.05, 4.69) is 5.32 Å². The Labute approximate surface area is 152 Å². The number of benzene rings is 2. The van der Waals surface area contributed by atoms with Crippen molar-refractivity contribution >= 4 is 17.5 Å². The van der Waals surface area contributed by atoms with E-state index in [0.29, 0.717) is 37.0 Å². The lowest BCUT2D eigenvalue weighted by molar-refractivity contribution is -0.120. The van der Waals surface area contributed by atoms with E-state index >= 15 is 0 Å². The fourth-order valence-electron chi connectivity index (χ4n) is 2.14. The summed E-state index contributed by atoms with van der Waals surface area (Å²) in [5, 5.41) is 11.7. The Morgan fingerprint density at radius 2 is 1.92 bits per heavy atom. The number of carbonyl (C=O) groups is 1. The standard InChI is InChI=1S/C19H19ClN2O3/c20-17-6-1-2-7-18(17)25-13-12-24-16-5-3-4-15(14-16)9-11-22-19(23)8-10-21/h1-7,14H,8-9,11-13H2,(H,22,23). The molecular weight excluding hydrogens is 340 g/mol. The van der Waals surface area contributed by atoms with Crippen LogP contribution in [0.25, 0.3) is 0 Å². The molecule has 2 aromatic carbocycles. The number of nitrogens with zero attached hydrogens (tertiary/aromatic N) is 1. The van der Waals surface area contributed by atoms with Gasteiger partial charge in [-0.1, -0.05) is 35.9 Å². The largest absolute Gasteiger partial charge is 0.490 e. The van der Waals surface area contributed by atoms with E-state index in [1.54, 1.807) is 6.07 Å². The molecule has 0 aliphatic carbocycles. The highest BCUT2D eigenvalue weighted by atomic mass is 35.5. The molecule has 0 heterocycles. The first-order valence-corrected chi connectivity index (χ1v) is 8.29. The summed E-state index contributed by atoms with van der Waals surface area (Å²) in [4.78, 5) is 11.2. The van der Waals surface area contributed by atoms with E-state index in [0.717, 1.165) is 11.3 Å². The van der Waals surface area contributed by atoms with Crippen LogP contribution in [0.3, 0.4) is 0 Å². The first-order valence-electron chi connectivity index (χ1n) is 7.92. The van der Waals surface area contributed by atoms with Crippen molar-refractivity contribution in [1.29, 1.82) is 5.26 Å². The first-order chi connectivity index (χ1) is 12.2. The Balaban J connectivity index is 1.73. The van der Waals surface area contributed by atoms with Gasteiger partial charge in [0.15, 0.2) is 0 Å². The van der Waals surface area contributed by atoms with Gasteiger partial charge in [-0.3, -0.25) is 4.79 Å². The Morgan fingerprint density at radius 3 is 2.72 bits per heavy atom. The topological polar surface area (TPSA) is 71.4 Å². The lowest BCUT2D eigenvalue weighted by Gasteiger charge is -2.10. The van der Waals surface area contributed by atoms with Gasteiger partial charge in [0.25, 0.3) is 0 Å². The SMILES string of the molecule is N#CCC(=O)NCCc1cccc(OCCOc2ccccc2Cl)c1. The number of amides is 1. The van der Waals surface area contributed by atoms with Crippen LogP contribution in [0, 0.1) is 11.3 Å². The van der Waals surface area contributed by atoms with E-state index in [-0.39, 0.29) is 12.3 Å². The Morgan fingerprint density at radius 1 is 1.12 bits per heavy atom. The van der Waals surface area contributed by atoms with Crippen molar-refractivity contribution in [3.63, 3.8) is 0 Å². The molecule has 6 heteroatoms. The molecule has 0 radical (unpaired) electrons. The molecule has 0 spiro atoms. The van der Waals surface area contributed by atoms with Crippen LogP contribution in [-0.2, 0) is 11.2 Å². The number of carbonyl (C=O) groups excluding carboxylic acids is 1. The summed E-state index contributed by atoms with van der Waals surface area (Å²) in [6, 6.07) is 16.8. The summed E-state index contributed by atoms with van der Waals surface area (Å²) in [7, 11) is 0. The maximum absolute atomic E-state index is 11.2. The van der Waals surface area contributed by atoms with Crippen LogP contribution >= 0.6 is 11.6 Å². The van der Waals surface area contributed by atoms with E-state index in [4.69, 9.17) is 26.3 Å². The van der Waals surface area contributed by atoms with Crippen molar-refractivity contribution in [3.05, 3.63) is 59.1 Å². The molecule has 0 saturated heterocycles. The summed E-state index contributed by atoms with van der Waals surface area (Å²) in [6.45, 7) is 1.27. The van der Waals surface area contributed by atoms with E-state index in [1.807, 2.05) is 48.5 Å². The number of rotatable bonds is 9. The molecule has 25 heavy (non-hydrogen) atoms. The molecule has 2 rings (SSSR count). The van der Waals surface area contributed by atoms with Crippen molar-refractivity contribution in [2.24, 2.45) is 0 Å². The van der Waals surface area contributed by atoms with E-state index in [9.17, 15) is 4.79 Å². The highest BCUT2D eigenvalue weighted by molar-refractivity contribution is 6.32. The molecule has 0 aliphatic heterocycles. The summed E-state index contributed by atoms with van der Waals surface area (Å²) in [6.07, 6.45) is 0.555. The third-order valence-electron chi connectivity index (χ3n) is 3.32. The molecule has 0 bridgehead atoms. The van der Waals surface area contributed by atoms with Gasteiger partial charge in [-0.25, -0.2) is 0 Å². The van der Waals surface area contributed by atoms with Gasteiger partial charge in [0, 0.05) is 6.54 Å². The molecule has 5 nitrogen and oxygen atoms in total. The minimum Gasteiger partial charge on any atom is -0.490 e. The van der Waals surface area contributed by atoms with Gasteiger partial charge in [0.05, 0.1) is 11.1 Å². The number of para-hydroxylation sites is 1. The molecule has 0 saturated carbocycles. The van der Waals surface area contributed by atoms with Crippen LogP contribution < -0.4 is 14.8 Å². The molecule has 2 aromatic rings. The summed E-state index contributed by atoms with van der Waals surface area (Å²) < 4.78 is 11.2. The molecule has 0 aromatic heterocycles. The Kier molecular flexibility index (Phi) is 7.61. The fraction of sp³-hybridized carbons (Fsp3) is 0.263. The summed E-state index contributed by atoms with van der Waals surface area (Å²) in [5.74, 6) is 1.12. The van der Waals surface area contributed by atoms with Gasteiger partial charge >= 0.3 is 0 Å². The second-order valence-corrected chi connectivity index (χ2v) is 5.62. The van der Waals surface area contributed by atoms with Crippen molar-refractivity contribution in [2.75, 3.05) is 19.8 Å². The monoisotopic (exact) mass is 358 g/mol. The lowest BCUT2D eigenvalue weighted by Crippen LogP contribution is -2.24. The number of halogens is 1. The first kappa shape index (κ1) is 18.6. The quantitative estimate of drug-likeness (QED) is 0.697. The molecule has 130 valence electrons. The van der Waals surface area contributed by atoms with Gasteiger partial charge in [0.1, 0.15) is 31.1 Å². The highest BCUT2D eigenvalue weighted by Crippen LogP contribution is 2.23. The smallest absolute Gasteiger partial charge is 0.234 e. The minimum atomic E-state index is -0.258. The van der Waals surface area contributed by atoms with Gasteiger partial charge in [-0.05, 0) is 36.2 Å². The van der Waals surface area contributed by atoms with Crippen molar-refractivity contribution < 1.29 is 14.3 Å². The van der Waals surface area contributed by atoms with Crippen molar-refractivity contribution in [1.82, 2.24) is 5.32 Å². The number of nitriles is 1. The molecule has 0 aliphatic rings. The summed E-state index contributed by atoms with van der Waals surface area (Å²) >= 11 is 6.02. The van der Waals surface area contributed by atoms with Crippen LogP contribution in [-0.4, -0.2) is 25.7 Å². The third-order valence-corrected chi connectivity index (χ3v) is 3.63. The molecule has 0 atom stereocenters. The predicted molar refractivity (Wildman–Crippen MR) is 95.8 cm³/mol. The van der Waals surface area contributed by atoms with Gasteiger partial charge < -0.3 is 14.8 Å². The number of ether oxygens (including phenoxy) is 2. The van der Waals surface area contributed by atoms with Crippen LogP contribution in [0.4, 0.5) is 0 Å². The molecule has 1 N–H and O–H groups in total. The normalized spacial score (nSPS) is 9.92. The van der Waals surface area contributed by atoms with Crippen LogP contribution in [0.1, 0.15) is 12.0 Å².